The molecule has 2 N–H and O–H groups in total. The Morgan fingerprint density at radius 2 is 1.84 bits per heavy atom. The van der Waals surface area contributed by atoms with Gasteiger partial charge in [0.05, 0.1) is 22.7 Å². The third kappa shape index (κ3) is 4.31. The maximum atomic E-state index is 12.5. The third-order valence-corrected chi connectivity index (χ3v) is 4.22. The van der Waals surface area contributed by atoms with Crippen LogP contribution in [0.25, 0.3) is 0 Å². The Hall–Kier alpha value is -2.53. The van der Waals surface area contributed by atoms with E-state index in [4.69, 9.17) is 16.3 Å². The van der Waals surface area contributed by atoms with Gasteiger partial charge in [0, 0.05) is 6.42 Å². The first kappa shape index (κ1) is 18.8. The number of carbonyl (C=O) groups is 2. The second-order valence-electron chi connectivity index (χ2n) is 5.78. The lowest BCUT2D eigenvalue weighted by Gasteiger charge is -2.25. The molecule has 0 heterocycles. The topological polar surface area (TPSA) is 75.6 Å². The summed E-state index contributed by atoms with van der Waals surface area (Å²) < 4.78 is 5.47. The molecule has 0 aliphatic heterocycles. The van der Waals surface area contributed by atoms with Crippen molar-refractivity contribution >= 4 is 29.2 Å². The van der Waals surface area contributed by atoms with E-state index in [0.29, 0.717) is 28.6 Å². The van der Waals surface area contributed by atoms with Crippen LogP contribution in [0.2, 0.25) is 5.02 Å². The minimum absolute atomic E-state index is 0.218. The zero-order valence-corrected chi connectivity index (χ0v) is 14.8. The van der Waals surface area contributed by atoms with Gasteiger partial charge in [-0.25, -0.2) is 0 Å². The van der Waals surface area contributed by atoms with Crippen LogP contribution in [0.5, 0.6) is 5.75 Å². The largest absolute Gasteiger partial charge is 0.490 e. The van der Waals surface area contributed by atoms with Gasteiger partial charge in [0.25, 0.3) is 0 Å². The monoisotopic (exact) mass is 361 g/mol. The number of halogens is 1. The standard InChI is InChI=1S/C19H20ClNO4/c1-3-25-17-14(20)10-7-11-15(17)21-16(22)12-19(2,18(23)24)13-8-5-4-6-9-13/h4-11H,3,12H2,1-2H3,(H,21,22)(H,23,24). The van der Waals surface area contributed by atoms with E-state index >= 15 is 0 Å². The van der Waals surface area contributed by atoms with Crippen LogP contribution in [0.3, 0.4) is 0 Å². The molecule has 0 radical (unpaired) electrons. The molecule has 0 fully saturated rings. The Morgan fingerprint density at radius 1 is 1.16 bits per heavy atom. The second kappa shape index (κ2) is 8.03. The van der Waals surface area contributed by atoms with Gasteiger partial charge in [-0.05, 0) is 31.5 Å². The first-order valence-corrected chi connectivity index (χ1v) is 8.26. The molecule has 0 saturated carbocycles. The number of nitrogens with one attached hydrogen (secondary N) is 1. The predicted octanol–water partition coefficient (Wildman–Crippen LogP) is 4.11. The number of amides is 1. The zero-order chi connectivity index (χ0) is 18.4. The highest BCUT2D eigenvalue weighted by atomic mass is 35.5. The predicted molar refractivity (Wildman–Crippen MR) is 97.3 cm³/mol. The normalized spacial score (nSPS) is 12.9. The average molecular weight is 362 g/mol. The minimum atomic E-state index is -1.34. The van der Waals surface area contributed by atoms with Gasteiger partial charge in [-0.3, -0.25) is 9.59 Å². The van der Waals surface area contributed by atoms with E-state index in [0.717, 1.165) is 0 Å². The summed E-state index contributed by atoms with van der Waals surface area (Å²) in [6.07, 6.45) is -0.218. The van der Waals surface area contributed by atoms with Gasteiger partial charge in [0.2, 0.25) is 5.91 Å². The van der Waals surface area contributed by atoms with E-state index in [2.05, 4.69) is 5.32 Å². The molecule has 0 saturated heterocycles. The van der Waals surface area contributed by atoms with Crippen LogP contribution in [0.1, 0.15) is 25.8 Å². The van der Waals surface area contributed by atoms with E-state index < -0.39 is 17.3 Å². The van der Waals surface area contributed by atoms with Crippen LogP contribution in [0, 0.1) is 0 Å². The van der Waals surface area contributed by atoms with E-state index in [1.807, 2.05) is 6.92 Å². The van der Waals surface area contributed by atoms with Crippen molar-refractivity contribution in [3.8, 4) is 5.75 Å². The van der Waals surface area contributed by atoms with Crippen LogP contribution in [0.15, 0.2) is 48.5 Å². The Balaban J connectivity index is 2.24. The van der Waals surface area contributed by atoms with Crippen LogP contribution >= 0.6 is 11.6 Å². The highest BCUT2D eigenvalue weighted by Gasteiger charge is 2.37. The lowest BCUT2D eigenvalue weighted by molar-refractivity contribution is -0.145. The van der Waals surface area contributed by atoms with Gasteiger partial charge < -0.3 is 15.2 Å². The zero-order valence-electron chi connectivity index (χ0n) is 14.1. The highest BCUT2D eigenvalue weighted by molar-refractivity contribution is 6.32. The number of carbonyl (C=O) groups excluding carboxylic acids is 1. The first-order chi connectivity index (χ1) is 11.9. The summed E-state index contributed by atoms with van der Waals surface area (Å²) in [6, 6.07) is 13.7. The number of carboxylic acids is 1. The summed E-state index contributed by atoms with van der Waals surface area (Å²) in [5, 5.41) is 12.7. The van der Waals surface area contributed by atoms with Gasteiger partial charge in [0.15, 0.2) is 5.75 Å². The molecule has 132 valence electrons. The minimum Gasteiger partial charge on any atom is -0.490 e. The van der Waals surface area contributed by atoms with Gasteiger partial charge in [-0.15, -0.1) is 0 Å². The van der Waals surface area contributed by atoms with Crippen molar-refractivity contribution in [1.82, 2.24) is 0 Å². The Kier molecular flexibility index (Phi) is 6.04. The fraction of sp³-hybridized carbons (Fsp3) is 0.263. The van der Waals surface area contributed by atoms with E-state index in [9.17, 15) is 14.7 Å². The number of para-hydroxylation sites is 1. The van der Waals surface area contributed by atoms with Crippen molar-refractivity contribution in [2.45, 2.75) is 25.7 Å². The fourth-order valence-corrected chi connectivity index (χ4v) is 2.75. The van der Waals surface area contributed by atoms with Crippen LogP contribution < -0.4 is 10.1 Å². The number of hydrogen-bond acceptors (Lipinski definition) is 3. The highest BCUT2D eigenvalue weighted by Crippen LogP contribution is 2.34. The number of aliphatic carboxylic acids is 1. The quantitative estimate of drug-likeness (QED) is 0.778. The first-order valence-electron chi connectivity index (χ1n) is 7.88. The molecule has 1 amide bonds. The average Bonchev–Trinajstić information content (AvgIpc) is 2.58. The Bertz CT molecular complexity index is 763. The van der Waals surface area contributed by atoms with Gasteiger partial charge in [0.1, 0.15) is 0 Å². The van der Waals surface area contributed by atoms with Gasteiger partial charge in [-0.1, -0.05) is 48.0 Å². The maximum Gasteiger partial charge on any atom is 0.314 e. The van der Waals surface area contributed by atoms with Crippen molar-refractivity contribution in [1.29, 1.82) is 0 Å². The maximum absolute atomic E-state index is 12.5. The molecule has 2 aromatic carbocycles. The van der Waals surface area contributed by atoms with E-state index in [1.54, 1.807) is 48.5 Å². The number of carboxylic acid groups (broad SMARTS) is 1. The summed E-state index contributed by atoms with van der Waals surface area (Å²) in [5.41, 5.74) is -0.357. The van der Waals surface area contributed by atoms with Crippen molar-refractivity contribution in [2.24, 2.45) is 0 Å². The lowest BCUT2D eigenvalue weighted by Crippen LogP contribution is -2.36. The third-order valence-electron chi connectivity index (χ3n) is 3.93. The SMILES string of the molecule is CCOc1c(Cl)cccc1NC(=O)CC(C)(C(=O)O)c1ccccc1. The molecule has 0 spiro atoms. The Labute approximate surface area is 151 Å². The van der Waals surface area contributed by atoms with E-state index in [1.165, 1.54) is 6.92 Å². The van der Waals surface area contributed by atoms with E-state index in [-0.39, 0.29) is 6.42 Å². The number of hydrogen-bond donors (Lipinski definition) is 2. The van der Waals surface area contributed by atoms with Gasteiger partial charge in [-0.2, -0.15) is 0 Å². The molecular weight excluding hydrogens is 342 g/mol. The van der Waals surface area contributed by atoms with Crippen LogP contribution in [-0.2, 0) is 15.0 Å². The molecule has 0 aliphatic rings. The summed E-state index contributed by atoms with van der Waals surface area (Å²) in [7, 11) is 0. The molecule has 2 rings (SSSR count). The summed E-state index contributed by atoms with van der Waals surface area (Å²) in [6.45, 7) is 3.74. The molecule has 0 aromatic heterocycles. The second-order valence-corrected chi connectivity index (χ2v) is 6.18. The molecule has 5 nitrogen and oxygen atoms in total. The van der Waals surface area contributed by atoms with Crippen molar-refractivity contribution in [3.05, 3.63) is 59.1 Å². The lowest BCUT2D eigenvalue weighted by atomic mass is 9.79. The van der Waals surface area contributed by atoms with Crippen molar-refractivity contribution < 1.29 is 19.4 Å². The van der Waals surface area contributed by atoms with Gasteiger partial charge >= 0.3 is 5.97 Å². The molecule has 0 aliphatic carbocycles. The number of rotatable bonds is 7. The molecule has 6 heteroatoms. The number of ether oxygens (including phenoxy) is 1. The summed E-state index contributed by atoms with van der Waals surface area (Å²) in [5.74, 6) is -1.13. The van der Waals surface area contributed by atoms with Crippen LogP contribution in [-0.4, -0.2) is 23.6 Å². The van der Waals surface area contributed by atoms with Crippen LogP contribution in [0.4, 0.5) is 5.69 Å². The fourth-order valence-electron chi connectivity index (χ4n) is 2.52. The summed E-state index contributed by atoms with van der Waals surface area (Å²) >= 11 is 6.10. The molecule has 1 unspecified atom stereocenters. The molecule has 25 heavy (non-hydrogen) atoms. The smallest absolute Gasteiger partial charge is 0.314 e. The van der Waals surface area contributed by atoms with Crippen molar-refractivity contribution in [3.63, 3.8) is 0 Å². The Morgan fingerprint density at radius 3 is 2.44 bits per heavy atom. The summed E-state index contributed by atoms with van der Waals surface area (Å²) in [4.78, 5) is 24.3. The molecule has 0 bridgehead atoms. The number of benzene rings is 2. The number of anilines is 1. The molecule has 2 aromatic rings. The molecular formula is C19H20ClNO4. The van der Waals surface area contributed by atoms with Crippen molar-refractivity contribution in [2.75, 3.05) is 11.9 Å². The molecule has 1 atom stereocenters.